The zero-order valence-corrected chi connectivity index (χ0v) is 18.1. The number of hydrogen-bond donors (Lipinski definition) is 2. The number of para-hydroxylation sites is 1. The number of hydrogen-bond acceptors (Lipinski definition) is 6. The van der Waals surface area contributed by atoms with Gasteiger partial charge in [0.05, 0.1) is 17.0 Å². The zero-order valence-electron chi connectivity index (χ0n) is 17.2. The molecular weight excluding hydrogens is 412 g/mol. The first kappa shape index (κ1) is 21.0. The van der Waals surface area contributed by atoms with Gasteiger partial charge in [-0.3, -0.25) is 14.6 Å². The minimum absolute atomic E-state index is 0.148. The fourth-order valence-corrected chi connectivity index (χ4v) is 4.34. The van der Waals surface area contributed by atoms with Gasteiger partial charge in [-0.25, -0.2) is 0 Å². The van der Waals surface area contributed by atoms with Gasteiger partial charge in [-0.2, -0.15) is 0 Å². The van der Waals surface area contributed by atoms with Crippen molar-refractivity contribution < 1.29 is 9.59 Å². The van der Waals surface area contributed by atoms with E-state index in [-0.39, 0.29) is 23.6 Å². The van der Waals surface area contributed by atoms with Gasteiger partial charge in [0.25, 0.3) is 5.91 Å². The van der Waals surface area contributed by atoms with Crippen LogP contribution in [0.5, 0.6) is 0 Å². The Labute approximate surface area is 184 Å². The normalized spacial score (nSPS) is 13.8. The first-order valence-electron chi connectivity index (χ1n) is 10.2. The molecule has 1 fully saturated rings. The Morgan fingerprint density at radius 3 is 2.71 bits per heavy atom. The molecule has 0 spiro atoms. The molecule has 8 nitrogen and oxygen atoms in total. The summed E-state index contributed by atoms with van der Waals surface area (Å²) in [5.41, 5.74) is 1.85. The predicted molar refractivity (Wildman–Crippen MR) is 120 cm³/mol. The second-order valence-electron chi connectivity index (χ2n) is 7.44. The van der Waals surface area contributed by atoms with E-state index in [4.69, 9.17) is 0 Å². The van der Waals surface area contributed by atoms with Gasteiger partial charge in [-0.05, 0) is 37.1 Å². The average Bonchev–Trinajstić information content (AvgIpc) is 3.43. The number of aromatic nitrogens is 4. The molecule has 9 heteroatoms. The van der Waals surface area contributed by atoms with E-state index in [0.717, 1.165) is 31.2 Å². The predicted octanol–water partition coefficient (Wildman–Crippen LogP) is 3.28. The van der Waals surface area contributed by atoms with E-state index in [1.54, 1.807) is 36.7 Å². The van der Waals surface area contributed by atoms with E-state index in [1.807, 2.05) is 23.7 Å². The van der Waals surface area contributed by atoms with Crippen molar-refractivity contribution in [3.63, 3.8) is 0 Å². The van der Waals surface area contributed by atoms with Crippen LogP contribution in [0.4, 0.5) is 5.69 Å². The van der Waals surface area contributed by atoms with Gasteiger partial charge in [0.15, 0.2) is 11.0 Å². The lowest BCUT2D eigenvalue weighted by atomic mass is 10.1. The summed E-state index contributed by atoms with van der Waals surface area (Å²) < 4.78 is 1.83. The van der Waals surface area contributed by atoms with Crippen LogP contribution < -0.4 is 10.6 Å². The number of amides is 2. The second kappa shape index (κ2) is 9.74. The third-order valence-electron chi connectivity index (χ3n) is 5.22. The number of benzene rings is 1. The Hall–Kier alpha value is -3.20. The standard InChI is InChI=1S/C22H24N6O2S/c1-28-20(15-7-6-12-23-13-15)26-27-22(28)31-14-19(29)25-18-11-5-4-10-17(18)21(30)24-16-8-2-3-9-16/h4-7,10-13,16H,2-3,8-9,14H2,1H3,(H,24,30)(H,25,29). The maximum absolute atomic E-state index is 12.7. The minimum atomic E-state index is -0.211. The Bertz CT molecular complexity index is 1060. The molecule has 4 rings (SSSR count). The molecule has 2 heterocycles. The highest BCUT2D eigenvalue weighted by Gasteiger charge is 2.20. The van der Waals surface area contributed by atoms with Crippen LogP contribution >= 0.6 is 11.8 Å². The van der Waals surface area contributed by atoms with Gasteiger partial charge in [0.1, 0.15) is 0 Å². The van der Waals surface area contributed by atoms with Crippen molar-refractivity contribution in [1.29, 1.82) is 0 Å². The van der Waals surface area contributed by atoms with Crippen LogP contribution in [0.1, 0.15) is 36.0 Å². The topological polar surface area (TPSA) is 102 Å². The largest absolute Gasteiger partial charge is 0.349 e. The molecule has 0 bridgehead atoms. The average molecular weight is 437 g/mol. The van der Waals surface area contributed by atoms with E-state index >= 15 is 0 Å². The van der Waals surface area contributed by atoms with Crippen LogP contribution in [0.25, 0.3) is 11.4 Å². The smallest absolute Gasteiger partial charge is 0.253 e. The number of carbonyl (C=O) groups excluding carboxylic acids is 2. The summed E-state index contributed by atoms with van der Waals surface area (Å²) in [6.45, 7) is 0. The second-order valence-corrected chi connectivity index (χ2v) is 8.39. The Kier molecular flexibility index (Phi) is 6.61. The maximum Gasteiger partial charge on any atom is 0.253 e. The first-order valence-corrected chi connectivity index (χ1v) is 11.2. The van der Waals surface area contributed by atoms with Gasteiger partial charge in [-0.1, -0.05) is 36.7 Å². The van der Waals surface area contributed by atoms with E-state index < -0.39 is 0 Å². The van der Waals surface area contributed by atoms with Crippen LogP contribution in [0.2, 0.25) is 0 Å². The van der Waals surface area contributed by atoms with Gasteiger partial charge < -0.3 is 15.2 Å². The number of carbonyl (C=O) groups is 2. The molecule has 2 aromatic heterocycles. The molecular formula is C22H24N6O2S. The number of nitrogens with zero attached hydrogens (tertiary/aromatic N) is 4. The Morgan fingerprint density at radius 2 is 1.94 bits per heavy atom. The Balaban J connectivity index is 1.38. The number of rotatable bonds is 7. The molecule has 0 unspecified atom stereocenters. The quantitative estimate of drug-likeness (QED) is 0.551. The van der Waals surface area contributed by atoms with Crippen molar-refractivity contribution in [3.05, 3.63) is 54.4 Å². The van der Waals surface area contributed by atoms with Crippen LogP contribution in [0.15, 0.2) is 53.9 Å². The molecule has 0 saturated heterocycles. The highest BCUT2D eigenvalue weighted by Crippen LogP contribution is 2.23. The third-order valence-corrected chi connectivity index (χ3v) is 6.24. The third kappa shape index (κ3) is 5.11. The summed E-state index contributed by atoms with van der Waals surface area (Å²) in [6.07, 6.45) is 7.73. The summed E-state index contributed by atoms with van der Waals surface area (Å²) in [6, 6.07) is 11.0. The van der Waals surface area contributed by atoms with Crippen molar-refractivity contribution in [2.45, 2.75) is 36.9 Å². The molecule has 2 amide bonds. The van der Waals surface area contributed by atoms with Gasteiger partial charge in [0, 0.05) is 31.0 Å². The van der Waals surface area contributed by atoms with Crippen LogP contribution in [0, 0.1) is 0 Å². The van der Waals surface area contributed by atoms with Crippen molar-refractivity contribution in [3.8, 4) is 11.4 Å². The van der Waals surface area contributed by atoms with Gasteiger partial charge >= 0.3 is 0 Å². The number of pyridine rings is 1. The maximum atomic E-state index is 12.7. The van der Waals surface area contributed by atoms with E-state index in [0.29, 0.717) is 22.2 Å². The summed E-state index contributed by atoms with van der Waals surface area (Å²) in [7, 11) is 1.85. The van der Waals surface area contributed by atoms with E-state index in [1.165, 1.54) is 11.8 Å². The number of thioether (sulfide) groups is 1. The molecule has 0 aliphatic heterocycles. The lowest BCUT2D eigenvalue weighted by Crippen LogP contribution is -2.33. The molecule has 31 heavy (non-hydrogen) atoms. The highest BCUT2D eigenvalue weighted by molar-refractivity contribution is 7.99. The van der Waals surface area contributed by atoms with Crippen LogP contribution in [0.3, 0.4) is 0 Å². The molecule has 1 aromatic carbocycles. The van der Waals surface area contributed by atoms with Gasteiger partial charge in [-0.15, -0.1) is 10.2 Å². The molecule has 0 radical (unpaired) electrons. The minimum Gasteiger partial charge on any atom is -0.349 e. The fraction of sp³-hybridized carbons (Fsp3) is 0.318. The molecule has 160 valence electrons. The summed E-state index contributed by atoms with van der Waals surface area (Å²) in [4.78, 5) is 29.3. The summed E-state index contributed by atoms with van der Waals surface area (Å²) >= 11 is 1.29. The van der Waals surface area contributed by atoms with Gasteiger partial charge in [0.2, 0.25) is 5.91 Å². The van der Waals surface area contributed by atoms with Crippen molar-refractivity contribution >= 4 is 29.3 Å². The van der Waals surface area contributed by atoms with E-state index in [9.17, 15) is 9.59 Å². The summed E-state index contributed by atoms with van der Waals surface area (Å²) in [5.74, 6) is 0.476. The number of nitrogens with one attached hydrogen (secondary N) is 2. The molecule has 1 saturated carbocycles. The monoisotopic (exact) mass is 436 g/mol. The molecule has 1 aliphatic rings. The fourth-order valence-electron chi connectivity index (χ4n) is 3.63. The summed E-state index contributed by atoms with van der Waals surface area (Å²) in [5, 5.41) is 14.9. The van der Waals surface area contributed by atoms with E-state index in [2.05, 4.69) is 25.8 Å². The highest BCUT2D eigenvalue weighted by atomic mass is 32.2. The first-order chi connectivity index (χ1) is 15.1. The SMILES string of the molecule is Cn1c(SCC(=O)Nc2ccccc2C(=O)NC2CCCC2)nnc1-c1cccnc1. The van der Waals surface area contributed by atoms with Crippen molar-refractivity contribution in [2.24, 2.45) is 7.05 Å². The van der Waals surface area contributed by atoms with Crippen LogP contribution in [-0.4, -0.2) is 43.4 Å². The Morgan fingerprint density at radius 1 is 1.13 bits per heavy atom. The molecule has 2 N–H and O–H groups in total. The van der Waals surface area contributed by atoms with Crippen LogP contribution in [-0.2, 0) is 11.8 Å². The van der Waals surface area contributed by atoms with Crippen molar-refractivity contribution in [2.75, 3.05) is 11.1 Å². The molecule has 1 aliphatic carbocycles. The molecule has 0 atom stereocenters. The lowest BCUT2D eigenvalue weighted by Gasteiger charge is -2.15. The zero-order chi connectivity index (χ0) is 21.6. The molecule has 3 aromatic rings. The van der Waals surface area contributed by atoms with Crippen molar-refractivity contribution in [1.82, 2.24) is 25.1 Å². The lowest BCUT2D eigenvalue weighted by molar-refractivity contribution is -0.113. The number of anilines is 1.